The third-order valence-corrected chi connectivity index (χ3v) is 17.0. The molecule has 0 unspecified atom stereocenters. The Bertz CT molecular complexity index is 2960. The summed E-state index contributed by atoms with van der Waals surface area (Å²) in [6, 6.07) is 18.9. The molecule has 1 amide bonds. The first-order chi connectivity index (χ1) is 32.1. The van der Waals surface area contributed by atoms with Crippen LogP contribution in [0.3, 0.4) is 0 Å². The van der Waals surface area contributed by atoms with Gasteiger partial charge in [-0.15, -0.1) is 0 Å². The number of allylic oxidation sites excluding steroid dienone is 1. The van der Waals surface area contributed by atoms with Crippen LogP contribution in [0.25, 0.3) is 16.6 Å². The van der Waals surface area contributed by atoms with Crippen LogP contribution in [-0.2, 0) is 30.9 Å². The number of hydrogen-bond donors (Lipinski definition) is 2. The minimum absolute atomic E-state index is 0.0492. The van der Waals surface area contributed by atoms with Crippen LogP contribution in [0, 0.1) is 21.4 Å². The number of benzene rings is 3. The number of rotatable bonds is 13. The molecule has 67 heavy (non-hydrogen) atoms. The fraction of sp³-hybridized carbons (Fsp3) is 0.417. The molecule has 16 nitrogen and oxygen atoms in total. The Morgan fingerprint density at radius 1 is 1.07 bits per heavy atom. The quantitative estimate of drug-likeness (QED) is 0.0847. The van der Waals surface area contributed by atoms with Crippen LogP contribution >= 0.6 is 11.6 Å². The zero-order valence-corrected chi connectivity index (χ0v) is 39.9. The lowest BCUT2D eigenvalue weighted by Crippen LogP contribution is -2.47. The molecule has 0 spiro atoms. The van der Waals surface area contributed by atoms with Gasteiger partial charge in [0.25, 0.3) is 21.6 Å². The Kier molecular flexibility index (Phi) is 13.4. The number of nitro groups is 1. The number of nitrogens with one attached hydrogen (secondary N) is 2. The maximum Gasteiger partial charge on any atom is 0.277 e. The summed E-state index contributed by atoms with van der Waals surface area (Å²) in [5.74, 6) is 0.0793. The van der Waals surface area contributed by atoms with Crippen LogP contribution in [0.1, 0.15) is 61.0 Å². The number of fused-ring (bicyclic) bond motifs is 2. The molecule has 2 N–H and O–H groups in total. The Morgan fingerprint density at radius 2 is 1.85 bits per heavy atom. The largest absolute Gasteiger partial charge is 0.493 e. The molecular formula is C48H54ClN7O9S2. The second-order valence-electron chi connectivity index (χ2n) is 18.5. The summed E-state index contributed by atoms with van der Waals surface area (Å²) < 4.78 is 65.0. The second-order valence-corrected chi connectivity index (χ2v) is 23.2. The Morgan fingerprint density at radius 3 is 2.61 bits per heavy atom. The molecule has 354 valence electrons. The van der Waals surface area contributed by atoms with E-state index >= 15 is 0 Å². The molecule has 5 heterocycles. The number of piperazine rings is 1. The van der Waals surface area contributed by atoms with Gasteiger partial charge in [0.15, 0.2) is 0 Å². The maximum absolute atomic E-state index is 14.1. The molecule has 3 aliphatic heterocycles. The van der Waals surface area contributed by atoms with E-state index < -0.39 is 41.2 Å². The monoisotopic (exact) mass is 971 g/mol. The van der Waals surface area contributed by atoms with Crippen LogP contribution < -0.4 is 19.1 Å². The molecule has 4 aliphatic rings. The number of aromatic amines is 1. The number of sulfonamides is 1. The van der Waals surface area contributed by atoms with Crippen LogP contribution in [-0.4, -0.2) is 109 Å². The number of amides is 1. The van der Waals surface area contributed by atoms with Gasteiger partial charge in [0.05, 0.1) is 68.2 Å². The van der Waals surface area contributed by atoms with Crippen molar-refractivity contribution in [2.45, 2.75) is 50.8 Å². The zero-order valence-electron chi connectivity index (χ0n) is 37.5. The number of aromatic nitrogens is 2. The number of carbonyl (C=O) groups is 1. The normalized spacial score (nSPS) is 19.6. The third-order valence-electron chi connectivity index (χ3n) is 13.2. The van der Waals surface area contributed by atoms with E-state index in [-0.39, 0.29) is 47.0 Å². The van der Waals surface area contributed by atoms with E-state index in [0.29, 0.717) is 62.2 Å². The van der Waals surface area contributed by atoms with E-state index in [1.54, 1.807) is 24.4 Å². The minimum Gasteiger partial charge on any atom is -0.493 e. The molecule has 0 saturated carbocycles. The molecule has 3 aromatic carbocycles. The maximum atomic E-state index is 14.1. The molecule has 1 atom stereocenters. The zero-order chi connectivity index (χ0) is 46.9. The van der Waals surface area contributed by atoms with Gasteiger partial charge in [-0.3, -0.25) is 19.8 Å². The van der Waals surface area contributed by atoms with Crippen LogP contribution in [0.15, 0.2) is 94.0 Å². The fourth-order valence-corrected chi connectivity index (χ4v) is 12.1. The first kappa shape index (κ1) is 46.6. The van der Waals surface area contributed by atoms with Gasteiger partial charge in [-0.05, 0) is 91.0 Å². The molecule has 2 fully saturated rings. The highest BCUT2D eigenvalue weighted by Crippen LogP contribution is 2.44. The van der Waals surface area contributed by atoms with Gasteiger partial charge < -0.3 is 24.1 Å². The SMILES string of the molecule is CC1(C)CCC(CN2CCN(c3ccc(C(=O)NS(=O)(=O)c4cc5c(c([N+](=O)[O-])c4)C[C@H](CCN=S4(=O)CCOCC4)CO5)c(Oc4cnc5[nH]ccc5c4)c3)CC2)=C(c2ccc(Cl)cc2)C1. The Hall–Kier alpha value is -5.53. The van der Waals surface area contributed by atoms with Crippen molar-refractivity contribution in [1.29, 1.82) is 0 Å². The molecule has 5 aromatic rings. The van der Waals surface area contributed by atoms with Crippen molar-refractivity contribution >= 4 is 65.2 Å². The lowest BCUT2D eigenvalue weighted by molar-refractivity contribution is -0.386. The second kappa shape index (κ2) is 19.2. The van der Waals surface area contributed by atoms with Crippen LogP contribution in [0.2, 0.25) is 5.02 Å². The first-order valence-corrected chi connectivity index (χ1v) is 26.3. The molecule has 0 radical (unpaired) electrons. The average Bonchev–Trinajstić information content (AvgIpc) is 3.78. The number of ether oxygens (including phenoxy) is 3. The Labute approximate surface area is 395 Å². The van der Waals surface area contributed by atoms with Crippen molar-refractivity contribution < 1.29 is 36.6 Å². The summed E-state index contributed by atoms with van der Waals surface area (Å²) in [7, 11) is -7.02. The first-order valence-electron chi connectivity index (χ1n) is 22.6. The predicted octanol–water partition coefficient (Wildman–Crippen LogP) is 8.26. The number of carbonyl (C=O) groups excluding carboxylic acids is 1. The molecule has 2 aromatic heterocycles. The van der Waals surface area contributed by atoms with Gasteiger partial charge >= 0.3 is 0 Å². The summed E-state index contributed by atoms with van der Waals surface area (Å²) in [4.78, 5) is 37.5. The van der Waals surface area contributed by atoms with Crippen LogP contribution in [0.4, 0.5) is 11.4 Å². The van der Waals surface area contributed by atoms with E-state index in [2.05, 4.69) is 54.8 Å². The van der Waals surface area contributed by atoms with Gasteiger partial charge in [-0.1, -0.05) is 43.2 Å². The number of halogens is 1. The molecule has 19 heteroatoms. The molecule has 9 rings (SSSR count). The summed E-state index contributed by atoms with van der Waals surface area (Å²) in [6.07, 6.45) is 7.16. The molecule has 1 aliphatic carbocycles. The van der Waals surface area contributed by atoms with Gasteiger partial charge in [0.2, 0.25) is 0 Å². The number of nitro benzene ring substituents is 1. The lowest BCUT2D eigenvalue weighted by atomic mass is 9.72. The number of pyridine rings is 1. The topological polar surface area (TPSA) is 199 Å². The fourth-order valence-electron chi connectivity index (χ4n) is 9.33. The minimum atomic E-state index is -4.67. The summed E-state index contributed by atoms with van der Waals surface area (Å²) >= 11 is 6.25. The summed E-state index contributed by atoms with van der Waals surface area (Å²) in [5.41, 5.74) is 5.47. The highest BCUT2D eigenvalue weighted by Gasteiger charge is 2.33. The number of hydrogen-bond acceptors (Lipinski definition) is 13. The van der Waals surface area contributed by atoms with Crippen molar-refractivity contribution in [3.63, 3.8) is 0 Å². The predicted molar refractivity (Wildman–Crippen MR) is 258 cm³/mol. The average molecular weight is 973 g/mol. The number of nitrogens with zero attached hydrogens (tertiary/aromatic N) is 5. The van der Waals surface area contributed by atoms with Crippen molar-refractivity contribution in [3.8, 4) is 17.2 Å². The molecule has 2 saturated heterocycles. The van der Waals surface area contributed by atoms with Crippen molar-refractivity contribution in [2.75, 3.05) is 75.5 Å². The highest BCUT2D eigenvalue weighted by atomic mass is 35.5. The van der Waals surface area contributed by atoms with Crippen molar-refractivity contribution in [2.24, 2.45) is 15.7 Å². The molecule has 0 bridgehead atoms. The third kappa shape index (κ3) is 10.8. The highest BCUT2D eigenvalue weighted by molar-refractivity contribution is 7.93. The lowest BCUT2D eigenvalue weighted by Gasteiger charge is -2.39. The number of anilines is 1. The van der Waals surface area contributed by atoms with Crippen molar-refractivity contribution in [1.82, 2.24) is 19.6 Å². The Balaban J connectivity index is 0.924. The van der Waals surface area contributed by atoms with E-state index in [1.807, 2.05) is 18.2 Å². The van der Waals surface area contributed by atoms with Gasteiger partial charge in [0, 0.05) is 79.8 Å². The van der Waals surface area contributed by atoms with Gasteiger partial charge in [0.1, 0.15) is 22.9 Å². The van der Waals surface area contributed by atoms with Gasteiger partial charge in [-0.2, -0.15) is 0 Å². The summed E-state index contributed by atoms with van der Waals surface area (Å²) in [5, 5.41) is 13.9. The number of H-pyrrole nitrogens is 1. The molecular weight excluding hydrogens is 918 g/mol. The van der Waals surface area contributed by atoms with E-state index in [9.17, 15) is 27.5 Å². The van der Waals surface area contributed by atoms with E-state index in [0.717, 1.165) is 61.1 Å². The van der Waals surface area contributed by atoms with E-state index in [1.165, 1.54) is 35.0 Å². The van der Waals surface area contributed by atoms with Gasteiger partial charge in [-0.25, -0.2) is 26.7 Å². The van der Waals surface area contributed by atoms with Crippen molar-refractivity contribution in [3.05, 3.63) is 117 Å². The summed E-state index contributed by atoms with van der Waals surface area (Å²) in [6.45, 7) is 9.81. The standard InChI is InChI=1S/C48H54ClN7O9S2/c1-48(2)12-9-35(42(28-48)33-3-5-36(49)6-4-33)30-54-15-17-55(18-16-54)37-7-8-40(45(25-37)65-38-24-34-11-13-50-46(34)51-29-38)47(57)53-67(61,62)39-26-43(56(58)59)41-23-32(31-64-44(41)27-39)10-14-52-66(60)21-19-63-20-22-66/h3-8,11,13,24-27,29,32H,9-10,12,14-23,28,30-31H2,1-2H3,(H,50,51)(H,53,57)/t32-/m0/s1. The van der Waals surface area contributed by atoms with Crippen LogP contribution in [0.5, 0.6) is 17.2 Å². The smallest absolute Gasteiger partial charge is 0.277 e. The van der Waals surface area contributed by atoms with E-state index in [4.69, 9.17) is 25.8 Å².